The van der Waals surface area contributed by atoms with Gasteiger partial charge in [-0.15, -0.1) is 11.3 Å². The van der Waals surface area contributed by atoms with Crippen molar-refractivity contribution in [2.24, 2.45) is 0 Å². The molecule has 2 aromatic rings. The Hall–Kier alpha value is -2.42. The molecule has 2 heterocycles. The van der Waals surface area contributed by atoms with Crippen LogP contribution >= 0.6 is 22.9 Å². The fourth-order valence-corrected chi connectivity index (χ4v) is 4.50. The summed E-state index contributed by atoms with van der Waals surface area (Å²) in [6.07, 6.45) is 1.09. The Bertz CT molecular complexity index is 873. The van der Waals surface area contributed by atoms with E-state index in [1.165, 1.54) is 10.4 Å². The van der Waals surface area contributed by atoms with E-state index in [0.29, 0.717) is 29.2 Å². The van der Waals surface area contributed by atoms with E-state index < -0.39 is 11.9 Å². The highest BCUT2D eigenvalue weighted by atomic mass is 35.5. The normalized spacial score (nSPS) is 18.2. The van der Waals surface area contributed by atoms with Crippen molar-refractivity contribution in [3.05, 3.63) is 56.7 Å². The molecule has 0 saturated heterocycles. The van der Waals surface area contributed by atoms with Gasteiger partial charge in [-0.3, -0.25) is 9.69 Å². The van der Waals surface area contributed by atoms with Crippen LogP contribution in [0.4, 0.5) is 0 Å². The molecule has 1 aromatic heterocycles. The first-order valence-electron chi connectivity index (χ1n) is 9.02. The molecule has 2 atom stereocenters. The SMILES string of the molecule is C[C@@H]1Cc2ccsc2[C@H](C)N1CCNC(=O)c1cccc(Cl)c1.O=C(O)C(=O)O. The van der Waals surface area contributed by atoms with Gasteiger partial charge in [0, 0.05) is 40.6 Å². The van der Waals surface area contributed by atoms with Gasteiger partial charge >= 0.3 is 11.9 Å². The topological polar surface area (TPSA) is 107 Å². The molecule has 0 bridgehead atoms. The monoisotopic (exact) mass is 438 g/mol. The summed E-state index contributed by atoms with van der Waals surface area (Å²) in [7, 11) is 0. The molecule has 0 saturated carbocycles. The van der Waals surface area contributed by atoms with Gasteiger partial charge in [0.2, 0.25) is 0 Å². The number of hydrogen-bond donors (Lipinski definition) is 3. The summed E-state index contributed by atoms with van der Waals surface area (Å²) >= 11 is 7.77. The summed E-state index contributed by atoms with van der Waals surface area (Å²) in [4.78, 5) is 34.3. The maximum Gasteiger partial charge on any atom is 0.414 e. The smallest absolute Gasteiger partial charge is 0.414 e. The molecule has 156 valence electrons. The highest BCUT2D eigenvalue weighted by Crippen LogP contribution is 2.35. The van der Waals surface area contributed by atoms with Crippen molar-refractivity contribution in [1.82, 2.24) is 10.2 Å². The number of amides is 1. The molecule has 0 spiro atoms. The molecule has 3 rings (SSSR count). The van der Waals surface area contributed by atoms with E-state index in [4.69, 9.17) is 31.4 Å². The number of halogens is 1. The highest BCUT2D eigenvalue weighted by Gasteiger charge is 2.29. The lowest BCUT2D eigenvalue weighted by Gasteiger charge is -2.38. The maximum atomic E-state index is 12.2. The van der Waals surface area contributed by atoms with Crippen LogP contribution in [-0.2, 0) is 16.0 Å². The van der Waals surface area contributed by atoms with Crippen LogP contribution in [0.2, 0.25) is 5.02 Å². The predicted octanol–water partition coefficient (Wildman–Crippen LogP) is 3.29. The third-order valence-electron chi connectivity index (χ3n) is 4.66. The van der Waals surface area contributed by atoms with Crippen molar-refractivity contribution in [2.75, 3.05) is 13.1 Å². The second-order valence-corrected chi connectivity index (χ2v) is 8.04. The second-order valence-electron chi connectivity index (χ2n) is 6.65. The molecule has 0 radical (unpaired) electrons. The maximum absolute atomic E-state index is 12.2. The standard InChI is InChI=1S/C18H21ClN2OS.C2H2O4/c1-12-10-14-6-9-23-17(14)13(2)21(12)8-7-20-18(22)15-4-3-5-16(19)11-15;3-1(4)2(5)6/h3-6,9,11-13H,7-8,10H2,1-2H3,(H,20,22);(H,3,4)(H,5,6)/t12-,13+;/m1./s1. The van der Waals surface area contributed by atoms with Crippen molar-refractivity contribution in [3.8, 4) is 0 Å². The van der Waals surface area contributed by atoms with E-state index in [2.05, 4.69) is 35.5 Å². The Morgan fingerprint density at radius 1 is 1.21 bits per heavy atom. The first kappa shape index (κ1) is 22.9. The minimum Gasteiger partial charge on any atom is -0.473 e. The number of benzene rings is 1. The van der Waals surface area contributed by atoms with Crippen LogP contribution in [0.5, 0.6) is 0 Å². The van der Waals surface area contributed by atoms with E-state index in [1.54, 1.807) is 24.3 Å². The molecular formula is C20H23ClN2O5S. The average molecular weight is 439 g/mol. The lowest BCUT2D eigenvalue weighted by Crippen LogP contribution is -2.44. The lowest BCUT2D eigenvalue weighted by molar-refractivity contribution is -0.159. The van der Waals surface area contributed by atoms with Gasteiger partial charge in [-0.2, -0.15) is 0 Å². The average Bonchev–Trinajstić information content (AvgIpc) is 3.13. The Labute approximate surface area is 177 Å². The number of hydrogen-bond acceptors (Lipinski definition) is 5. The molecule has 9 heteroatoms. The van der Waals surface area contributed by atoms with Crippen LogP contribution in [0.15, 0.2) is 35.7 Å². The number of thiophene rings is 1. The summed E-state index contributed by atoms with van der Waals surface area (Å²) < 4.78 is 0. The number of nitrogens with zero attached hydrogens (tertiary/aromatic N) is 1. The molecular weight excluding hydrogens is 416 g/mol. The van der Waals surface area contributed by atoms with Crippen molar-refractivity contribution in [1.29, 1.82) is 0 Å². The minimum absolute atomic E-state index is 0.0679. The van der Waals surface area contributed by atoms with Gasteiger partial charge in [0.05, 0.1) is 0 Å². The number of nitrogens with one attached hydrogen (secondary N) is 1. The summed E-state index contributed by atoms with van der Waals surface area (Å²) in [6.45, 7) is 6.01. The van der Waals surface area contributed by atoms with Gasteiger partial charge in [-0.1, -0.05) is 17.7 Å². The number of carboxylic acids is 2. The van der Waals surface area contributed by atoms with Crippen LogP contribution in [0.25, 0.3) is 0 Å². The lowest BCUT2D eigenvalue weighted by atomic mass is 9.97. The minimum atomic E-state index is -1.82. The van der Waals surface area contributed by atoms with Gasteiger partial charge in [0.1, 0.15) is 0 Å². The number of fused-ring (bicyclic) bond motifs is 1. The highest BCUT2D eigenvalue weighted by molar-refractivity contribution is 7.10. The molecule has 0 unspecified atom stereocenters. The fraction of sp³-hybridized carbons (Fsp3) is 0.350. The Kier molecular flexibility index (Phi) is 8.19. The number of aliphatic carboxylic acids is 2. The molecule has 0 fully saturated rings. The molecule has 1 aliphatic heterocycles. The number of carbonyl (C=O) groups excluding carboxylic acids is 1. The van der Waals surface area contributed by atoms with Crippen LogP contribution in [0, 0.1) is 0 Å². The van der Waals surface area contributed by atoms with Crippen molar-refractivity contribution in [2.45, 2.75) is 32.4 Å². The van der Waals surface area contributed by atoms with E-state index in [1.807, 2.05) is 11.3 Å². The van der Waals surface area contributed by atoms with Crippen molar-refractivity contribution < 1.29 is 24.6 Å². The first-order chi connectivity index (χ1) is 13.7. The zero-order valence-corrected chi connectivity index (χ0v) is 17.7. The van der Waals surface area contributed by atoms with Gasteiger partial charge in [-0.25, -0.2) is 9.59 Å². The Balaban J connectivity index is 0.000000438. The Morgan fingerprint density at radius 2 is 1.90 bits per heavy atom. The molecule has 1 aliphatic rings. The zero-order valence-electron chi connectivity index (χ0n) is 16.1. The van der Waals surface area contributed by atoms with E-state index in [0.717, 1.165) is 13.0 Å². The van der Waals surface area contributed by atoms with Gasteiger partial charge in [0.25, 0.3) is 5.91 Å². The van der Waals surface area contributed by atoms with Crippen molar-refractivity contribution in [3.63, 3.8) is 0 Å². The summed E-state index contributed by atoms with van der Waals surface area (Å²) in [6, 6.07) is 10.2. The zero-order chi connectivity index (χ0) is 21.6. The predicted molar refractivity (Wildman–Crippen MR) is 112 cm³/mol. The molecule has 7 nitrogen and oxygen atoms in total. The van der Waals surface area contributed by atoms with Crippen LogP contribution < -0.4 is 5.32 Å². The number of carboxylic acid groups (broad SMARTS) is 2. The van der Waals surface area contributed by atoms with E-state index in [9.17, 15) is 4.79 Å². The third kappa shape index (κ3) is 6.28. The van der Waals surface area contributed by atoms with Gasteiger partial charge in [-0.05, 0) is 55.5 Å². The molecule has 29 heavy (non-hydrogen) atoms. The largest absolute Gasteiger partial charge is 0.473 e. The van der Waals surface area contributed by atoms with Crippen LogP contribution in [0.3, 0.4) is 0 Å². The number of carbonyl (C=O) groups is 3. The molecule has 1 amide bonds. The summed E-state index contributed by atoms with van der Waals surface area (Å²) in [5.74, 6) is -3.72. The fourth-order valence-electron chi connectivity index (χ4n) is 3.29. The first-order valence-corrected chi connectivity index (χ1v) is 10.3. The molecule has 3 N–H and O–H groups in total. The molecule has 0 aliphatic carbocycles. The summed E-state index contributed by atoms with van der Waals surface area (Å²) in [5, 5.41) is 20.5. The van der Waals surface area contributed by atoms with E-state index >= 15 is 0 Å². The van der Waals surface area contributed by atoms with Crippen molar-refractivity contribution >= 4 is 40.8 Å². The van der Waals surface area contributed by atoms with E-state index in [-0.39, 0.29) is 5.91 Å². The quantitative estimate of drug-likeness (QED) is 0.632. The Morgan fingerprint density at radius 3 is 2.52 bits per heavy atom. The van der Waals surface area contributed by atoms with Crippen LogP contribution in [-0.4, -0.2) is 52.1 Å². The summed E-state index contributed by atoms with van der Waals surface area (Å²) in [5.41, 5.74) is 2.09. The van der Waals surface area contributed by atoms with Gasteiger partial charge < -0.3 is 15.5 Å². The van der Waals surface area contributed by atoms with Gasteiger partial charge in [0.15, 0.2) is 0 Å². The van der Waals surface area contributed by atoms with Crippen LogP contribution in [0.1, 0.15) is 40.7 Å². The third-order valence-corrected chi connectivity index (χ3v) is 6.03. The second kappa shape index (κ2) is 10.4. The molecule has 1 aromatic carbocycles. The number of rotatable bonds is 4.